The molecule has 110 valence electrons. The highest BCUT2D eigenvalue weighted by Crippen LogP contribution is 2.23. The number of benzene rings is 2. The van der Waals surface area contributed by atoms with E-state index in [-0.39, 0.29) is 11.3 Å². The fourth-order valence-corrected chi connectivity index (χ4v) is 2.41. The van der Waals surface area contributed by atoms with Gasteiger partial charge in [0.05, 0.1) is 11.3 Å². The number of nitrogens with one attached hydrogen (secondary N) is 1. The van der Waals surface area contributed by atoms with Crippen LogP contribution in [0.2, 0.25) is 0 Å². The number of halogens is 2. The highest BCUT2D eigenvalue weighted by atomic mass is 32.3. The average Bonchev–Trinajstić information content (AvgIpc) is 2.41. The van der Waals surface area contributed by atoms with Crippen LogP contribution in [0, 0.1) is 12.7 Å². The van der Waals surface area contributed by atoms with E-state index in [2.05, 4.69) is 5.32 Å². The predicted octanol–water partition coefficient (Wildman–Crippen LogP) is 3.04. The number of hydrogen-bond donors (Lipinski definition) is 1. The van der Waals surface area contributed by atoms with Gasteiger partial charge in [-0.15, -0.1) is 3.89 Å². The Bertz CT molecular complexity index is 804. The van der Waals surface area contributed by atoms with Crippen molar-refractivity contribution in [3.63, 3.8) is 0 Å². The van der Waals surface area contributed by atoms with Crippen LogP contribution in [0.1, 0.15) is 15.9 Å². The standard InChI is InChI=1S/C14H11F2NO3S/c1-9-6-7-11(15)10(8-9)14(18)17-12-4-2-3-5-13(12)21(16,19)20/h2-8H,1H3,(H,17,18). The summed E-state index contributed by atoms with van der Waals surface area (Å²) in [6, 6.07) is 8.91. The summed E-state index contributed by atoms with van der Waals surface area (Å²) in [6.45, 7) is 1.68. The largest absolute Gasteiger partial charge is 0.334 e. The van der Waals surface area contributed by atoms with Gasteiger partial charge in [-0.25, -0.2) is 4.39 Å². The van der Waals surface area contributed by atoms with Crippen molar-refractivity contribution in [3.8, 4) is 0 Å². The molecule has 0 aliphatic carbocycles. The molecule has 0 saturated carbocycles. The summed E-state index contributed by atoms with van der Waals surface area (Å²) in [5, 5.41) is 2.20. The molecule has 0 saturated heterocycles. The zero-order valence-electron chi connectivity index (χ0n) is 10.9. The van der Waals surface area contributed by atoms with E-state index in [0.29, 0.717) is 5.56 Å². The summed E-state index contributed by atoms with van der Waals surface area (Å²) in [7, 11) is -4.99. The Hall–Kier alpha value is -2.28. The lowest BCUT2D eigenvalue weighted by atomic mass is 10.1. The summed E-state index contributed by atoms with van der Waals surface area (Å²) < 4.78 is 48.7. The lowest BCUT2D eigenvalue weighted by Crippen LogP contribution is -2.15. The lowest BCUT2D eigenvalue weighted by molar-refractivity contribution is 0.102. The maximum absolute atomic E-state index is 13.6. The molecular formula is C14H11F2NO3S. The first-order chi connectivity index (χ1) is 9.79. The molecule has 0 spiro atoms. The Balaban J connectivity index is 2.39. The van der Waals surface area contributed by atoms with Gasteiger partial charge in [-0.1, -0.05) is 23.8 Å². The molecule has 0 atom stereocenters. The van der Waals surface area contributed by atoms with Crippen LogP contribution in [0.5, 0.6) is 0 Å². The van der Waals surface area contributed by atoms with Crippen LogP contribution in [0.15, 0.2) is 47.4 Å². The molecule has 2 aromatic rings. The number of hydrogen-bond acceptors (Lipinski definition) is 3. The third-order valence-electron chi connectivity index (χ3n) is 2.76. The van der Waals surface area contributed by atoms with Crippen LogP contribution in [0.3, 0.4) is 0 Å². The van der Waals surface area contributed by atoms with Gasteiger partial charge in [-0.2, -0.15) is 8.42 Å². The third-order valence-corrected chi connectivity index (χ3v) is 3.65. The Labute approximate surface area is 120 Å². The molecule has 2 aromatic carbocycles. The molecule has 0 bridgehead atoms. The van der Waals surface area contributed by atoms with Crippen molar-refractivity contribution in [2.24, 2.45) is 0 Å². The monoisotopic (exact) mass is 311 g/mol. The average molecular weight is 311 g/mol. The van der Waals surface area contributed by atoms with Gasteiger partial charge >= 0.3 is 10.2 Å². The number of rotatable bonds is 3. The van der Waals surface area contributed by atoms with Gasteiger partial charge < -0.3 is 5.32 Å². The summed E-state index contributed by atoms with van der Waals surface area (Å²) in [6.07, 6.45) is 0. The van der Waals surface area contributed by atoms with E-state index < -0.39 is 26.8 Å². The number of aryl methyl sites for hydroxylation is 1. The highest BCUT2D eigenvalue weighted by molar-refractivity contribution is 7.86. The predicted molar refractivity (Wildman–Crippen MR) is 73.8 cm³/mol. The molecule has 0 aliphatic rings. The Morgan fingerprint density at radius 1 is 1.14 bits per heavy atom. The SMILES string of the molecule is Cc1ccc(F)c(C(=O)Nc2ccccc2S(=O)(=O)F)c1. The summed E-state index contributed by atoms with van der Waals surface area (Å²) in [5.41, 5.74) is 0.167. The number of amides is 1. The first kappa shape index (κ1) is 15.1. The third kappa shape index (κ3) is 3.43. The quantitative estimate of drug-likeness (QED) is 0.886. The lowest BCUT2D eigenvalue weighted by Gasteiger charge is -2.09. The van der Waals surface area contributed by atoms with Crippen LogP contribution < -0.4 is 5.32 Å². The molecule has 0 unspecified atom stereocenters. The van der Waals surface area contributed by atoms with Gasteiger partial charge in [0.2, 0.25) is 0 Å². The second kappa shape index (κ2) is 5.61. The van der Waals surface area contributed by atoms with Crippen LogP contribution >= 0.6 is 0 Å². The highest BCUT2D eigenvalue weighted by Gasteiger charge is 2.19. The number of carbonyl (C=O) groups is 1. The first-order valence-corrected chi connectivity index (χ1v) is 7.28. The first-order valence-electron chi connectivity index (χ1n) is 5.90. The van der Waals surface area contributed by atoms with Gasteiger partial charge in [0.1, 0.15) is 10.7 Å². The molecule has 1 amide bonds. The summed E-state index contributed by atoms with van der Waals surface area (Å²) >= 11 is 0. The van der Waals surface area contributed by atoms with Gasteiger partial charge in [0.15, 0.2) is 0 Å². The number of para-hydroxylation sites is 1. The molecular weight excluding hydrogens is 300 g/mol. The van der Waals surface area contributed by atoms with Crippen molar-refractivity contribution in [2.45, 2.75) is 11.8 Å². The minimum atomic E-state index is -4.99. The molecule has 2 rings (SSSR count). The number of anilines is 1. The van der Waals surface area contributed by atoms with E-state index >= 15 is 0 Å². The van der Waals surface area contributed by atoms with Crippen molar-refractivity contribution in [1.29, 1.82) is 0 Å². The Morgan fingerprint density at radius 2 is 1.81 bits per heavy atom. The molecule has 0 fully saturated rings. The Kier molecular flexibility index (Phi) is 4.04. The number of carbonyl (C=O) groups excluding carboxylic acids is 1. The molecule has 0 radical (unpaired) electrons. The van der Waals surface area contributed by atoms with Gasteiger partial charge in [-0.3, -0.25) is 4.79 Å². The minimum absolute atomic E-state index is 0.245. The minimum Gasteiger partial charge on any atom is -0.321 e. The van der Waals surface area contributed by atoms with Crippen LogP contribution in [0.25, 0.3) is 0 Å². The van der Waals surface area contributed by atoms with E-state index in [9.17, 15) is 21.5 Å². The molecule has 21 heavy (non-hydrogen) atoms. The summed E-state index contributed by atoms with van der Waals surface area (Å²) in [5.74, 6) is -1.61. The second-order valence-electron chi connectivity index (χ2n) is 4.37. The fraction of sp³-hybridized carbons (Fsp3) is 0.0714. The smallest absolute Gasteiger partial charge is 0.321 e. The van der Waals surface area contributed by atoms with E-state index in [1.807, 2.05) is 0 Å². The van der Waals surface area contributed by atoms with Crippen molar-refractivity contribution in [1.82, 2.24) is 0 Å². The normalized spacial score (nSPS) is 11.2. The molecule has 4 nitrogen and oxygen atoms in total. The van der Waals surface area contributed by atoms with E-state index in [1.165, 1.54) is 30.3 Å². The van der Waals surface area contributed by atoms with Crippen LogP contribution in [0.4, 0.5) is 14.0 Å². The molecule has 1 N–H and O–H groups in total. The van der Waals surface area contributed by atoms with Crippen LogP contribution in [-0.2, 0) is 10.2 Å². The van der Waals surface area contributed by atoms with Gasteiger partial charge in [0, 0.05) is 0 Å². The molecule has 0 aliphatic heterocycles. The van der Waals surface area contributed by atoms with Crippen molar-refractivity contribution < 1.29 is 21.5 Å². The van der Waals surface area contributed by atoms with E-state index in [0.717, 1.165) is 12.1 Å². The Morgan fingerprint density at radius 3 is 2.48 bits per heavy atom. The van der Waals surface area contributed by atoms with Crippen LogP contribution in [-0.4, -0.2) is 14.3 Å². The zero-order valence-corrected chi connectivity index (χ0v) is 11.7. The van der Waals surface area contributed by atoms with E-state index in [4.69, 9.17) is 0 Å². The van der Waals surface area contributed by atoms with Crippen molar-refractivity contribution in [3.05, 3.63) is 59.4 Å². The maximum atomic E-state index is 13.6. The van der Waals surface area contributed by atoms with Crippen molar-refractivity contribution >= 4 is 21.8 Å². The fourth-order valence-electron chi connectivity index (χ4n) is 1.79. The molecule has 7 heteroatoms. The molecule has 0 heterocycles. The van der Waals surface area contributed by atoms with Gasteiger partial charge in [-0.05, 0) is 31.2 Å². The molecule has 0 aromatic heterocycles. The maximum Gasteiger partial charge on any atom is 0.334 e. The zero-order chi connectivity index (χ0) is 15.6. The van der Waals surface area contributed by atoms with E-state index in [1.54, 1.807) is 6.92 Å². The second-order valence-corrected chi connectivity index (χ2v) is 5.69. The van der Waals surface area contributed by atoms with Gasteiger partial charge in [0.25, 0.3) is 5.91 Å². The summed E-state index contributed by atoms with van der Waals surface area (Å²) in [4.78, 5) is 11.3. The van der Waals surface area contributed by atoms with Crippen molar-refractivity contribution in [2.75, 3.05) is 5.32 Å². The topological polar surface area (TPSA) is 63.2 Å².